The maximum Gasteiger partial charge on any atom is 0.166 e. The van der Waals surface area contributed by atoms with Gasteiger partial charge in [0, 0.05) is 18.0 Å². The van der Waals surface area contributed by atoms with Crippen molar-refractivity contribution in [3.8, 4) is 5.75 Å². The average Bonchev–Trinajstić information content (AvgIpc) is 2.61. The summed E-state index contributed by atoms with van der Waals surface area (Å²) in [6.45, 7) is 1.60. The van der Waals surface area contributed by atoms with E-state index in [2.05, 4.69) is 34.9 Å². The predicted octanol–water partition coefficient (Wildman–Crippen LogP) is 3.84. The lowest BCUT2D eigenvalue weighted by Gasteiger charge is -2.11. The molecule has 0 aromatic heterocycles. The molecule has 0 fully saturated rings. The van der Waals surface area contributed by atoms with E-state index >= 15 is 0 Å². The second-order valence-electron chi connectivity index (χ2n) is 4.97. The van der Waals surface area contributed by atoms with Gasteiger partial charge in [-0.05, 0) is 54.2 Å². The van der Waals surface area contributed by atoms with Gasteiger partial charge >= 0.3 is 0 Å². The summed E-state index contributed by atoms with van der Waals surface area (Å²) >= 11 is 7.16. The minimum absolute atomic E-state index is 0.700. The molecule has 0 aliphatic carbocycles. The van der Waals surface area contributed by atoms with Gasteiger partial charge in [-0.2, -0.15) is 0 Å². The van der Waals surface area contributed by atoms with Gasteiger partial charge in [0.2, 0.25) is 0 Å². The molecule has 2 rings (SSSR count). The number of benzene rings is 2. The van der Waals surface area contributed by atoms with E-state index in [0.717, 1.165) is 24.5 Å². The van der Waals surface area contributed by atoms with Gasteiger partial charge in [0.1, 0.15) is 5.75 Å². The SMILES string of the molecule is COc1ccc(CNC(=S)NCCCSc2ccccc2)cc1. The Bertz CT molecular complexity index is 588. The zero-order valence-corrected chi connectivity index (χ0v) is 14.9. The van der Waals surface area contributed by atoms with Crippen LogP contribution in [-0.2, 0) is 6.54 Å². The molecule has 5 heteroatoms. The van der Waals surface area contributed by atoms with E-state index < -0.39 is 0 Å². The molecule has 2 aromatic carbocycles. The monoisotopic (exact) mass is 346 g/mol. The number of hydrogen-bond acceptors (Lipinski definition) is 3. The van der Waals surface area contributed by atoms with E-state index in [1.807, 2.05) is 42.1 Å². The van der Waals surface area contributed by atoms with Crippen LogP contribution in [0.1, 0.15) is 12.0 Å². The molecule has 0 spiro atoms. The van der Waals surface area contributed by atoms with Gasteiger partial charge in [0.25, 0.3) is 0 Å². The molecule has 0 heterocycles. The van der Waals surface area contributed by atoms with Crippen LogP contribution in [0.3, 0.4) is 0 Å². The summed E-state index contributed by atoms with van der Waals surface area (Å²) in [4.78, 5) is 1.31. The van der Waals surface area contributed by atoms with Crippen LogP contribution in [0.5, 0.6) is 5.75 Å². The van der Waals surface area contributed by atoms with Gasteiger partial charge in [-0.1, -0.05) is 30.3 Å². The molecule has 23 heavy (non-hydrogen) atoms. The fourth-order valence-electron chi connectivity index (χ4n) is 1.97. The van der Waals surface area contributed by atoms with Crippen molar-refractivity contribution < 1.29 is 4.74 Å². The number of thiocarbonyl (C=S) groups is 1. The highest BCUT2D eigenvalue weighted by atomic mass is 32.2. The fraction of sp³-hybridized carbons (Fsp3) is 0.278. The smallest absolute Gasteiger partial charge is 0.166 e. The summed E-state index contributed by atoms with van der Waals surface area (Å²) in [6.07, 6.45) is 1.07. The number of rotatable bonds is 8. The Labute approximate surface area is 147 Å². The van der Waals surface area contributed by atoms with Crippen LogP contribution in [0, 0.1) is 0 Å². The molecule has 2 N–H and O–H groups in total. The van der Waals surface area contributed by atoms with E-state index in [0.29, 0.717) is 11.7 Å². The Morgan fingerprint density at radius 2 is 1.78 bits per heavy atom. The molecule has 122 valence electrons. The lowest BCUT2D eigenvalue weighted by molar-refractivity contribution is 0.414. The third-order valence-corrected chi connectivity index (χ3v) is 4.62. The van der Waals surface area contributed by atoms with Gasteiger partial charge in [-0.3, -0.25) is 0 Å². The number of nitrogens with one attached hydrogen (secondary N) is 2. The normalized spacial score (nSPS) is 10.1. The summed E-state index contributed by atoms with van der Waals surface area (Å²) < 4.78 is 5.14. The van der Waals surface area contributed by atoms with Gasteiger partial charge < -0.3 is 15.4 Å². The summed E-state index contributed by atoms with van der Waals surface area (Å²) in [5.41, 5.74) is 1.18. The molecule has 0 saturated heterocycles. The first-order valence-electron chi connectivity index (χ1n) is 7.60. The molecule has 0 aliphatic rings. The van der Waals surface area contributed by atoms with E-state index in [1.165, 1.54) is 10.5 Å². The lowest BCUT2D eigenvalue weighted by atomic mass is 10.2. The topological polar surface area (TPSA) is 33.3 Å². The van der Waals surface area contributed by atoms with Gasteiger partial charge in [-0.15, -0.1) is 11.8 Å². The van der Waals surface area contributed by atoms with Crippen molar-refractivity contribution in [3.63, 3.8) is 0 Å². The summed E-state index contributed by atoms with van der Waals surface area (Å²) in [5, 5.41) is 7.16. The van der Waals surface area contributed by atoms with E-state index in [-0.39, 0.29) is 0 Å². The molecule has 0 amide bonds. The van der Waals surface area contributed by atoms with Crippen molar-refractivity contribution in [2.75, 3.05) is 19.4 Å². The third kappa shape index (κ3) is 6.93. The number of methoxy groups -OCH3 is 1. The first-order valence-corrected chi connectivity index (χ1v) is 9.00. The summed E-state index contributed by atoms with van der Waals surface area (Å²) in [6, 6.07) is 18.4. The second-order valence-corrected chi connectivity index (χ2v) is 6.55. The Hall–Kier alpha value is -1.72. The van der Waals surface area contributed by atoms with Crippen molar-refractivity contribution in [2.24, 2.45) is 0 Å². The minimum atomic E-state index is 0.700. The number of thioether (sulfide) groups is 1. The van der Waals surface area contributed by atoms with E-state index in [9.17, 15) is 0 Å². The number of hydrogen-bond donors (Lipinski definition) is 2. The highest BCUT2D eigenvalue weighted by Crippen LogP contribution is 2.17. The van der Waals surface area contributed by atoms with E-state index in [4.69, 9.17) is 17.0 Å². The largest absolute Gasteiger partial charge is 0.497 e. The van der Waals surface area contributed by atoms with Crippen molar-refractivity contribution in [2.45, 2.75) is 17.9 Å². The summed E-state index contributed by atoms with van der Waals surface area (Å²) in [5.74, 6) is 1.95. The highest BCUT2D eigenvalue weighted by Gasteiger charge is 1.98. The van der Waals surface area contributed by atoms with Crippen molar-refractivity contribution in [1.82, 2.24) is 10.6 Å². The first-order chi connectivity index (χ1) is 11.3. The van der Waals surface area contributed by atoms with Crippen LogP contribution in [0.2, 0.25) is 0 Å². The molecule has 2 aromatic rings. The molecule has 0 saturated carbocycles. The van der Waals surface area contributed by atoms with Gasteiger partial charge in [0.15, 0.2) is 5.11 Å². The second kappa shape index (κ2) is 10.1. The van der Waals surface area contributed by atoms with Crippen LogP contribution < -0.4 is 15.4 Å². The van der Waals surface area contributed by atoms with Crippen molar-refractivity contribution in [1.29, 1.82) is 0 Å². The first kappa shape index (κ1) is 17.6. The zero-order chi connectivity index (χ0) is 16.3. The number of ether oxygens (including phenoxy) is 1. The lowest BCUT2D eigenvalue weighted by Crippen LogP contribution is -2.35. The van der Waals surface area contributed by atoms with Crippen molar-refractivity contribution >= 4 is 29.1 Å². The molecular weight excluding hydrogens is 324 g/mol. The third-order valence-electron chi connectivity index (χ3n) is 3.23. The fourth-order valence-corrected chi connectivity index (χ4v) is 3.02. The highest BCUT2D eigenvalue weighted by molar-refractivity contribution is 7.99. The quantitative estimate of drug-likeness (QED) is 0.431. The Morgan fingerprint density at radius 3 is 2.48 bits per heavy atom. The molecule has 3 nitrogen and oxygen atoms in total. The molecule has 0 radical (unpaired) electrons. The maximum atomic E-state index is 5.29. The molecule has 0 atom stereocenters. The minimum Gasteiger partial charge on any atom is -0.497 e. The Balaban J connectivity index is 1.56. The van der Waals surface area contributed by atoms with Crippen LogP contribution in [0.15, 0.2) is 59.5 Å². The predicted molar refractivity (Wildman–Crippen MR) is 102 cm³/mol. The Morgan fingerprint density at radius 1 is 1.04 bits per heavy atom. The molecular formula is C18H22N2OS2. The molecule has 0 bridgehead atoms. The van der Waals surface area contributed by atoms with Crippen LogP contribution in [0.25, 0.3) is 0 Å². The maximum absolute atomic E-state index is 5.29. The molecule has 0 unspecified atom stereocenters. The Kier molecular flexibility index (Phi) is 7.77. The van der Waals surface area contributed by atoms with Gasteiger partial charge in [0.05, 0.1) is 7.11 Å². The zero-order valence-electron chi connectivity index (χ0n) is 13.2. The standard InChI is InChI=1S/C18H22N2OS2/c1-21-16-10-8-15(9-11-16)14-20-18(22)19-12-5-13-23-17-6-3-2-4-7-17/h2-4,6-11H,5,12-14H2,1H3,(H2,19,20,22). The summed E-state index contributed by atoms with van der Waals surface area (Å²) in [7, 11) is 1.67. The van der Waals surface area contributed by atoms with Gasteiger partial charge in [-0.25, -0.2) is 0 Å². The van der Waals surface area contributed by atoms with E-state index in [1.54, 1.807) is 7.11 Å². The molecule has 0 aliphatic heterocycles. The van der Waals surface area contributed by atoms with Crippen LogP contribution in [-0.4, -0.2) is 24.5 Å². The van der Waals surface area contributed by atoms with Crippen molar-refractivity contribution in [3.05, 3.63) is 60.2 Å². The van der Waals surface area contributed by atoms with Crippen LogP contribution >= 0.6 is 24.0 Å². The average molecular weight is 347 g/mol. The van der Waals surface area contributed by atoms with Crippen LogP contribution in [0.4, 0.5) is 0 Å².